The van der Waals surface area contributed by atoms with Gasteiger partial charge in [-0.3, -0.25) is 9.59 Å². The van der Waals surface area contributed by atoms with Crippen molar-refractivity contribution in [3.63, 3.8) is 0 Å². The second-order valence-electron chi connectivity index (χ2n) is 5.13. The number of fused-ring (bicyclic) bond motifs is 1. The van der Waals surface area contributed by atoms with E-state index >= 15 is 0 Å². The Hall–Kier alpha value is -1.82. The molecule has 0 aliphatic carbocycles. The van der Waals surface area contributed by atoms with Gasteiger partial charge in [0.2, 0.25) is 0 Å². The molecule has 1 amide bonds. The van der Waals surface area contributed by atoms with Gasteiger partial charge >= 0.3 is 0 Å². The van der Waals surface area contributed by atoms with Crippen LogP contribution in [0.15, 0.2) is 12.1 Å². The smallest absolute Gasteiger partial charge is 0.299 e. The molecule has 19 heavy (non-hydrogen) atoms. The molecule has 0 saturated carbocycles. The standard InChI is InChI=1S/C13H13F2NO3/c1-13(2,19)3-4-16-10-6-9(15)8(14)5-7(10)11(17)12(16)18/h5-6,19H,3-4H2,1-2H3. The molecular weight excluding hydrogens is 256 g/mol. The number of hydrogen-bond acceptors (Lipinski definition) is 3. The minimum absolute atomic E-state index is 0.0538. The first-order valence-corrected chi connectivity index (χ1v) is 5.78. The average Bonchev–Trinajstić information content (AvgIpc) is 2.51. The Labute approximate surface area is 108 Å². The highest BCUT2D eigenvalue weighted by atomic mass is 19.2. The van der Waals surface area contributed by atoms with Gasteiger partial charge in [0, 0.05) is 12.6 Å². The molecule has 0 atom stereocenters. The van der Waals surface area contributed by atoms with Crippen LogP contribution in [0.5, 0.6) is 0 Å². The van der Waals surface area contributed by atoms with E-state index in [0.29, 0.717) is 0 Å². The van der Waals surface area contributed by atoms with Crippen LogP contribution >= 0.6 is 0 Å². The van der Waals surface area contributed by atoms with Gasteiger partial charge in [0.1, 0.15) is 0 Å². The summed E-state index contributed by atoms with van der Waals surface area (Å²) in [6.07, 6.45) is 0.213. The lowest BCUT2D eigenvalue weighted by Crippen LogP contribution is -2.34. The third-order valence-corrected chi connectivity index (χ3v) is 2.96. The maximum Gasteiger partial charge on any atom is 0.299 e. The molecule has 1 aliphatic rings. The Morgan fingerprint density at radius 1 is 1.21 bits per heavy atom. The summed E-state index contributed by atoms with van der Waals surface area (Å²) >= 11 is 0. The molecule has 1 aromatic rings. The summed E-state index contributed by atoms with van der Waals surface area (Å²) in [5, 5.41) is 9.62. The van der Waals surface area contributed by atoms with Crippen LogP contribution in [0, 0.1) is 11.6 Å². The van der Waals surface area contributed by atoms with E-state index in [1.807, 2.05) is 0 Å². The minimum atomic E-state index is -1.16. The number of anilines is 1. The average molecular weight is 269 g/mol. The van der Waals surface area contributed by atoms with Gasteiger partial charge in [0.15, 0.2) is 11.6 Å². The van der Waals surface area contributed by atoms with Gasteiger partial charge in [-0.25, -0.2) is 8.78 Å². The normalized spacial score (nSPS) is 15.1. The van der Waals surface area contributed by atoms with Crippen LogP contribution in [-0.4, -0.2) is 28.9 Å². The van der Waals surface area contributed by atoms with Crippen LogP contribution < -0.4 is 4.90 Å². The van der Waals surface area contributed by atoms with Crippen molar-refractivity contribution in [2.45, 2.75) is 25.9 Å². The number of Topliss-reactive ketones (excluding diaryl/α,β-unsaturated/α-hetero) is 1. The molecule has 0 radical (unpaired) electrons. The highest BCUT2D eigenvalue weighted by Crippen LogP contribution is 2.31. The summed E-state index contributed by atoms with van der Waals surface area (Å²) in [4.78, 5) is 24.5. The van der Waals surface area contributed by atoms with Crippen molar-refractivity contribution in [2.24, 2.45) is 0 Å². The van der Waals surface area contributed by atoms with Crippen molar-refractivity contribution >= 4 is 17.4 Å². The van der Waals surface area contributed by atoms with Crippen LogP contribution in [0.3, 0.4) is 0 Å². The lowest BCUT2D eigenvalue weighted by Gasteiger charge is -2.22. The fourth-order valence-corrected chi connectivity index (χ4v) is 1.90. The number of benzene rings is 1. The number of rotatable bonds is 3. The topological polar surface area (TPSA) is 57.6 Å². The monoisotopic (exact) mass is 269 g/mol. The van der Waals surface area contributed by atoms with Gasteiger partial charge in [0.05, 0.1) is 16.9 Å². The predicted molar refractivity (Wildman–Crippen MR) is 64.0 cm³/mol. The van der Waals surface area contributed by atoms with Crippen molar-refractivity contribution in [3.8, 4) is 0 Å². The highest BCUT2D eigenvalue weighted by molar-refractivity contribution is 6.52. The fraction of sp³-hybridized carbons (Fsp3) is 0.385. The molecule has 0 aromatic heterocycles. The second kappa shape index (κ2) is 4.38. The summed E-state index contributed by atoms with van der Waals surface area (Å²) < 4.78 is 26.3. The summed E-state index contributed by atoms with van der Waals surface area (Å²) in [5.41, 5.74) is -1.11. The molecule has 1 aromatic carbocycles. The third kappa shape index (κ3) is 2.49. The molecule has 1 N–H and O–H groups in total. The number of amides is 1. The van der Waals surface area contributed by atoms with Crippen molar-refractivity contribution in [3.05, 3.63) is 29.3 Å². The Morgan fingerprint density at radius 2 is 1.79 bits per heavy atom. The number of ketones is 1. The van der Waals surface area contributed by atoms with Crippen molar-refractivity contribution in [2.75, 3.05) is 11.4 Å². The van der Waals surface area contributed by atoms with Crippen LogP contribution in [0.4, 0.5) is 14.5 Å². The lowest BCUT2D eigenvalue weighted by molar-refractivity contribution is -0.114. The van der Waals surface area contributed by atoms with Crippen molar-refractivity contribution in [1.82, 2.24) is 0 Å². The van der Waals surface area contributed by atoms with Gasteiger partial charge in [-0.15, -0.1) is 0 Å². The molecule has 0 spiro atoms. The highest BCUT2D eigenvalue weighted by Gasteiger charge is 2.37. The zero-order valence-corrected chi connectivity index (χ0v) is 10.5. The first-order valence-electron chi connectivity index (χ1n) is 5.78. The van der Waals surface area contributed by atoms with Gasteiger partial charge in [-0.1, -0.05) is 0 Å². The van der Waals surface area contributed by atoms with Crippen molar-refractivity contribution < 1.29 is 23.5 Å². The Bertz CT molecular complexity index is 564. The van der Waals surface area contributed by atoms with E-state index in [1.54, 1.807) is 13.8 Å². The number of carbonyl (C=O) groups excluding carboxylic acids is 2. The van der Waals surface area contributed by atoms with E-state index in [2.05, 4.69) is 0 Å². The number of carbonyl (C=O) groups is 2. The molecule has 0 fully saturated rings. The van der Waals surface area contributed by atoms with E-state index in [-0.39, 0.29) is 24.2 Å². The van der Waals surface area contributed by atoms with Crippen LogP contribution in [-0.2, 0) is 4.79 Å². The number of hydrogen-bond donors (Lipinski definition) is 1. The second-order valence-corrected chi connectivity index (χ2v) is 5.13. The first-order chi connectivity index (χ1) is 8.70. The summed E-state index contributed by atoms with van der Waals surface area (Å²) in [5.74, 6) is -3.97. The first kappa shape index (κ1) is 13.6. The van der Waals surface area contributed by atoms with Crippen LogP contribution in [0.25, 0.3) is 0 Å². The summed E-state index contributed by atoms with van der Waals surface area (Å²) in [6.45, 7) is 3.18. The molecular formula is C13H13F2NO3. The van der Waals surface area contributed by atoms with Crippen LogP contribution in [0.2, 0.25) is 0 Å². The summed E-state index contributed by atoms with van der Waals surface area (Å²) in [7, 11) is 0. The van der Waals surface area contributed by atoms with Crippen molar-refractivity contribution in [1.29, 1.82) is 0 Å². The zero-order valence-electron chi connectivity index (χ0n) is 10.5. The van der Waals surface area contributed by atoms with Gasteiger partial charge in [-0.2, -0.15) is 0 Å². The zero-order chi connectivity index (χ0) is 14.4. The van der Waals surface area contributed by atoms with Crippen LogP contribution in [0.1, 0.15) is 30.6 Å². The SMILES string of the molecule is CC(C)(O)CCN1C(=O)C(=O)c2cc(F)c(F)cc21. The molecule has 2 rings (SSSR count). The van der Waals surface area contributed by atoms with Gasteiger partial charge in [-0.05, 0) is 26.3 Å². The molecule has 0 unspecified atom stereocenters. The molecule has 0 bridgehead atoms. The van der Waals surface area contributed by atoms with Gasteiger partial charge in [0.25, 0.3) is 11.7 Å². The molecule has 6 heteroatoms. The maximum atomic E-state index is 13.2. The molecule has 1 heterocycles. The number of aliphatic hydroxyl groups is 1. The Morgan fingerprint density at radius 3 is 2.37 bits per heavy atom. The molecule has 4 nitrogen and oxygen atoms in total. The number of nitrogens with zero attached hydrogens (tertiary/aromatic N) is 1. The third-order valence-electron chi connectivity index (χ3n) is 2.96. The van der Waals surface area contributed by atoms with E-state index in [4.69, 9.17) is 0 Å². The quantitative estimate of drug-likeness (QED) is 0.849. The minimum Gasteiger partial charge on any atom is -0.390 e. The Balaban J connectivity index is 2.36. The number of halogens is 2. The maximum absolute atomic E-state index is 13.2. The fourth-order valence-electron chi connectivity index (χ4n) is 1.90. The molecule has 0 saturated heterocycles. The molecule has 1 aliphatic heterocycles. The largest absolute Gasteiger partial charge is 0.390 e. The Kier molecular flexibility index (Phi) is 3.14. The lowest BCUT2D eigenvalue weighted by atomic mass is 10.1. The molecule has 102 valence electrons. The van der Waals surface area contributed by atoms with E-state index < -0.39 is 28.9 Å². The predicted octanol–water partition coefficient (Wildman–Crippen LogP) is 1.66. The van der Waals surface area contributed by atoms with E-state index in [0.717, 1.165) is 17.0 Å². The van der Waals surface area contributed by atoms with E-state index in [9.17, 15) is 23.5 Å². The van der Waals surface area contributed by atoms with E-state index in [1.165, 1.54) is 0 Å². The van der Waals surface area contributed by atoms with Gasteiger partial charge < -0.3 is 10.0 Å². The summed E-state index contributed by atoms with van der Waals surface area (Å²) in [6, 6.07) is 1.56.